The average molecular weight is 223 g/mol. The summed E-state index contributed by atoms with van der Waals surface area (Å²) >= 11 is 0. The molecule has 0 saturated carbocycles. The number of methoxy groups -OCH3 is 1. The summed E-state index contributed by atoms with van der Waals surface area (Å²) in [6.07, 6.45) is 0.645. The van der Waals surface area contributed by atoms with Crippen molar-refractivity contribution in [2.24, 2.45) is 5.73 Å². The highest BCUT2D eigenvalue weighted by atomic mass is 16.5. The molecule has 16 heavy (non-hydrogen) atoms. The van der Waals surface area contributed by atoms with Gasteiger partial charge in [0.15, 0.2) is 0 Å². The molecule has 1 rings (SSSR count). The molecule has 90 valence electrons. The van der Waals surface area contributed by atoms with Gasteiger partial charge < -0.3 is 15.6 Å². The molecule has 0 aliphatic heterocycles. The molecule has 0 aliphatic rings. The second-order valence-electron chi connectivity index (χ2n) is 4.29. The predicted octanol–water partition coefficient (Wildman–Crippen LogP) is 1.48. The molecule has 0 heterocycles. The van der Waals surface area contributed by atoms with Gasteiger partial charge >= 0.3 is 0 Å². The molecule has 0 amide bonds. The van der Waals surface area contributed by atoms with Crippen molar-refractivity contribution in [3.63, 3.8) is 0 Å². The molecule has 0 radical (unpaired) electrons. The van der Waals surface area contributed by atoms with Gasteiger partial charge in [-0.1, -0.05) is 6.07 Å². The van der Waals surface area contributed by atoms with E-state index in [0.717, 1.165) is 16.9 Å². The van der Waals surface area contributed by atoms with Crippen LogP contribution >= 0.6 is 0 Å². The molecular weight excluding hydrogens is 202 g/mol. The van der Waals surface area contributed by atoms with Gasteiger partial charge in [0.1, 0.15) is 5.75 Å². The van der Waals surface area contributed by atoms with E-state index in [1.807, 2.05) is 13.8 Å². The van der Waals surface area contributed by atoms with E-state index in [-0.39, 0.29) is 12.6 Å². The minimum atomic E-state index is -0.227. The standard InChI is InChI=1S/C13H21NO2/c1-8-5-9(2)12(6-11(14)7-15)13(16-4)10(8)3/h5,11,15H,6-7,14H2,1-4H3. The summed E-state index contributed by atoms with van der Waals surface area (Å²) in [7, 11) is 1.68. The lowest BCUT2D eigenvalue weighted by Crippen LogP contribution is -2.27. The van der Waals surface area contributed by atoms with E-state index in [1.54, 1.807) is 7.11 Å². The van der Waals surface area contributed by atoms with Crippen LogP contribution in [0.25, 0.3) is 0 Å². The van der Waals surface area contributed by atoms with Crippen LogP contribution in [-0.4, -0.2) is 24.9 Å². The zero-order valence-corrected chi connectivity index (χ0v) is 10.5. The maximum atomic E-state index is 9.01. The number of aliphatic hydroxyl groups excluding tert-OH is 1. The van der Waals surface area contributed by atoms with Gasteiger partial charge in [-0.25, -0.2) is 0 Å². The SMILES string of the molecule is COc1c(C)c(C)cc(C)c1CC(N)CO. The van der Waals surface area contributed by atoms with Crippen LogP contribution in [0.2, 0.25) is 0 Å². The summed E-state index contributed by atoms with van der Waals surface area (Å²) in [5.74, 6) is 0.904. The number of aryl methyl sites for hydroxylation is 2. The van der Waals surface area contributed by atoms with Crippen molar-refractivity contribution in [2.45, 2.75) is 33.2 Å². The number of hydrogen-bond acceptors (Lipinski definition) is 3. The van der Waals surface area contributed by atoms with E-state index in [2.05, 4.69) is 13.0 Å². The van der Waals surface area contributed by atoms with E-state index < -0.39 is 0 Å². The van der Waals surface area contributed by atoms with E-state index in [1.165, 1.54) is 11.1 Å². The molecule has 0 aromatic heterocycles. The predicted molar refractivity (Wildman–Crippen MR) is 66.0 cm³/mol. The average Bonchev–Trinajstić information content (AvgIpc) is 2.26. The van der Waals surface area contributed by atoms with E-state index in [4.69, 9.17) is 15.6 Å². The molecule has 1 aromatic rings. The molecule has 0 fully saturated rings. The molecule has 3 nitrogen and oxygen atoms in total. The number of hydrogen-bond donors (Lipinski definition) is 2. The van der Waals surface area contributed by atoms with Gasteiger partial charge in [-0.15, -0.1) is 0 Å². The zero-order chi connectivity index (χ0) is 12.3. The van der Waals surface area contributed by atoms with Gasteiger partial charge in [-0.05, 0) is 49.4 Å². The van der Waals surface area contributed by atoms with Crippen LogP contribution in [0.4, 0.5) is 0 Å². The highest BCUT2D eigenvalue weighted by Gasteiger charge is 2.14. The summed E-state index contributed by atoms with van der Waals surface area (Å²) in [5, 5.41) is 9.01. The van der Waals surface area contributed by atoms with Gasteiger partial charge in [0.05, 0.1) is 13.7 Å². The monoisotopic (exact) mass is 223 g/mol. The minimum absolute atomic E-state index is 0.00445. The van der Waals surface area contributed by atoms with Crippen LogP contribution in [-0.2, 0) is 6.42 Å². The van der Waals surface area contributed by atoms with Crippen molar-refractivity contribution in [1.82, 2.24) is 0 Å². The second kappa shape index (κ2) is 5.32. The minimum Gasteiger partial charge on any atom is -0.496 e. The van der Waals surface area contributed by atoms with Crippen LogP contribution < -0.4 is 10.5 Å². The Morgan fingerprint density at radius 3 is 2.44 bits per heavy atom. The summed E-state index contributed by atoms with van der Waals surface area (Å²) in [6.45, 7) is 6.16. The Kier molecular flexibility index (Phi) is 4.33. The number of aliphatic hydroxyl groups is 1. The third-order valence-electron chi connectivity index (χ3n) is 3.02. The molecule has 1 aromatic carbocycles. The lowest BCUT2D eigenvalue weighted by molar-refractivity contribution is 0.264. The Bertz CT molecular complexity index is 375. The van der Waals surface area contributed by atoms with Crippen molar-refractivity contribution in [3.05, 3.63) is 28.3 Å². The second-order valence-corrected chi connectivity index (χ2v) is 4.29. The molecule has 1 atom stereocenters. The Hall–Kier alpha value is -1.06. The smallest absolute Gasteiger partial charge is 0.125 e. The Balaban J connectivity index is 3.20. The normalized spacial score (nSPS) is 12.6. The first kappa shape index (κ1) is 13.0. The molecule has 0 bridgehead atoms. The van der Waals surface area contributed by atoms with Crippen molar-refractivity contribution < 1.29 is 9.84 Å². The van der Waals surface area contributed by atoms with Crippen LogP contribution in [0.15, 0.2) is 6.07 Å². The number of nitrogens with two attached hydrogens (primary N) is 1. The first-order valence-electron chi connectivity index (χ1n) is 5.51. The Morgan fingerprint density at radius 2 is 1.94 bits per heavy atom. The van der Waals surface area contributed by atoms with Gasteiger partial charge in [-0.2, -0.15) is 0 Å². The topological polar surface area (TPSA) is 55.5 Å². The van der Waals surface area contributed by atoms with Crippen molar-refractivity contribution >= 4 is 0 Å². The van der Waals surface area contributed by atoms with Crippen molar-refractivity contribution in [1.29, 1.82) is 0 Å². The molecular formula is C13H21NO2. The van der Waals surface area contributed by atoms with Crippen molar-refractivity contribution in [2.75, 3.05) is 13.7 Å². The lowest BCUT2D eigenvalue weighted by Gasteiger charge is -2.18. The Labute approximate surface area is 97.2 Å². The summed E-state index contributed by atoms with van der Waals surface area (Å²) < 4.78 is 5.45. The van der Waals surface area contributed by atoms with Gasteiger partial charge in [0.25, 0.3) is 0 Å². The maximum absolute atomic E-state index is 9.01. The quantitative estimate of drug-likeness (QED) is 0.813. The largest absolute Gasteiger partial charge is 0.496 e. The van der Waals surface area contributed by atoms with Crippen LogP contribution in [0.3, 0.4) is 0 Å². The summed E-state index contributed by atoms with van der Waals surface area (Å²) in [6, 6.07) is 1.91. The Morgan fingerprint density at radius 1 is 1.31 bits per heavy atom. The lowest BCUT2D eigenvalue weighted by atomic mass is 9.95. The summed E-state index contributed by atoms with van der Waals surface area (Å²) in [5.41, 5.74) is 10.4. The van der Waals surface area contributed by atoms with E-state index >= 15 is 0 Å². The highest BCUT2D eigenvalue weighted by molar-refractivity contribution is 5.50. The maximum Gasteiger partial charge on any atom is 0.125 e. The number of benzene rings is 1. The van der Waals surface area contributed by atoms with Crippen LogP contribution in [0.1, 0.15) is 22.3 Å². The van der Waals surface area contributed by atoms with Crippen LogP contribution in [0.5, 0.6) is 5.75 Å². The van der Waals surface area contributed by atoms with Gasteiger partial charge in [-0.3, -0.25) is 0 Å². The van der Waals surface area contributed by atoms with Crippen LogP contribution in [0, 0.1) is 20.8 Å². The fourth-order valence-corrected chi connectivity index (χ4v) is 1.96. The fraction of sp³-hybridized carbons (Fsp3) is 0.538. The first-order chi connectivity index (χ1) is 7.51. The van der Waals surface area contributed by atoms with Crippen molar-refractivity contribution in [3.8, 4) is 5.75 Å². The molecule has 3 N–H and O–H groups in total. The van der Waals surface area contributed by atoms with Gasteiger partial charge in [0, 0.05) is 6.04 Å². The molecule has 0 saturated heterocycles. The summed E-state index contributed by atoms with van der Waals surface area (Å²) in [4.78, 5) is 0. The third-order valence-corrected chi connectivity index (χ3v) is 3.02. The van der Waals surface area contributed by atoms with E-state index in [0.29, 0.717) is 6.42 Å². The fourth-order valence-electron chi connectivity index (χ4n) is 1.96. The first-order valence-corrected chi connectivity index (χ1v) is 5.51. The molecule has 0 spiro atoms. The van der Waals surface area contributed by atoms with E-state index in [9.17, 15) is 0 Å². The number of rotatable bonds is 4. The molecule has 0 aliphatic carbocycles. The number of ether oxygens (including phenoxy) is 1. The third kappa shape index (κ3) is 2.54. The molecule has 1 unspecified atom stereocenters. The zero-order valence-electron chi connectivity index (χ0n) is 10.5. The molecule has 3 heteroatoms. The highest BCUT2D eigenvalue weighted by Crippen LogP contribution is 2.30. The van der Waals surface area contributed by atoms with Gasteiger partial charge in [0.2, 0.25) is 0 Å².